The van der Waals surface area contributed by atoms with E-state index in [1.807, 2.05) is 24.1 Å². The molecule has 90 valence electrons. The monoisotopic (exact) mass is 263 g/mol. The molecule has 3 nitrogen and oxygen atoms in total. The van der Waals surface area contributed by atoms with Gasteiger partial charge in [0.15, 0.2) is 0 Å². The van der Waals surface area contributed by atoms with Crippen LogP contribution in [0.1, 0.15) is 6.92 Å². The van der Waals surface area contributed by atoms with Crippen LogP contribution in [0.15, 0.2) is 24.3 Å². The summed E-state index contributed by atoms with van der Waals surface area (Å²) in [5.41, 5.74) is 1.05. The Labute approximate surface area is 107 Å². The standard InChI is InChI=1S/C11H14ClNO2.ClH/c1-9(14)15-11-5-3-10(4-6-11)13(2)8-7-12;/h3-6H,7-8H2,1-2H3;1H. The first kappa shape index (κ1) is 15.1. The van der Waals surface area contributed by atoms with Crippen LogP contribution < -0.4 is 9.64 Å². The first-order valence-electron chi connectivity index (χ1n) is 4.69. The lowest BCUT2D eigenvalue weighted by atomic mass is 10.3. The number of alkyl halides is 1. The third kappa shape index (κ3) is 4.73. The maximum Gasteiger partial charge on any atom is 0.308 e. The van der Waals surface area contributed by atoms with E-state index in [1.54, 1.807) is 12.1 Å². The number of hydrogen-bond acceptors (Lipinski definition) is 3. The van der Waals surface area contributed by atoms with E-state index < -0.39 is 0 Å². The molecule has 0 heterocycles. The fourth-order valence-electron chi connectivity index (χ4n) is 1.19. The van der Waals surface area contributed by atoms with E-state index in [2.05, 4.69) is 0 Å². The molecular weight excluding hydrogens is 249 g/mol. The summed E-state index contributed by atoms with van der Waals surface area (Å²) in [7, 11) is 1.96. The van der Waals surface area contributed by atoms with Gasteiger partial charge in [0.1, 0.15) is 5.75 Å². The molecule has 0 saturated heterocycles. The molecule has 0 bridgehead atoms. The van der Waals surface area contributed by atoms with Gasteiger partial charge in [0.25, 0.3) is 0 Å². The fourth-order valence-corrected chi connectivity index (χ4v) is 1.44. The maximum atomic E-state index is 10.7. The van der Waals surface area contributed by atoms with E-state index in [1.165, 1.54) is 6.92 Å². The van der Waals surface area contributed by atoms with Gasteiger partial charge in [-0.15, -0.1) is 24.0 Å². The SMILES string of the molecule is CC(=O)Oc1ccc(N(C)CCCl)cc1.Cl. The first-order valence-corrected chi connectivity index (χ1v) is 5.22. The minimum absolute atomic E-state index is 0. The van der Waals surface area contributed by atoms with Gasteiger partial charge in [-0.2, -0.15) is 0 Å². The van der Waals surface area contributed by atoms with E-state index >= 15 is 0 Å². The Bertz CT molecular complexity index is 327. The van der Waals surface area contributed by atoms with Crippen LogP contribution in [0.2, 0.25) is 0 Å². The summed E-state index contributed by atoms with van der Waals surface area (Å²) in [6.07, 6.45) is 0. The number of anilines is 1. The van der Waals surface area contributed by atoms with Crippen LogP contribution in [0, 0.1) is 0 Å². The molecule has 0 N–H and O–H groups in total. The molecule has 0 aliphatic heterocycles. The fraction of sp³-hybridized carbons (Fsp3) is 0.364. The van der Waals surface area contributed by atoms with Crippen molar-refractivity contribution in [3.63, 3.8) is 0 Å². The quantitative estimate of drug-likeness (QED) is 0.475. The molecule has 0 amide bonds. The second-order valence-corrected chi connectivity index (χ2v) is 3.58. The molecule has 5 heteroatoms. The summed E-state index contributed by atoms with van der Waals surface area (Å²) in [6.45, 7) is 2.17. The van der Waals surface area contributed by atoms with Gasteiger partial charge in [-0.25, -0.2) is 0 Å². The number of benzene rings is 1. The number of carbonyl (C=O) groups excluding carboxylic acids is 1. The largest absolute Gasteiger partial charge is 0.427 e. The third-order valence-corrected chi connectivity index (χ3v) is 2.13. The predicted molar refractivity (Wildman–Crippen MR) is 69.0 cm³/mol. The zero-order chi connectivity index (χ0) is 11.3. The normalized spacial score (nSPS) is 9.19. The Morgan fingerprint density at radius 3 is 2.38 bits per heavy atom. The Morgan fingerprint density at radius 2 is 1.94 bits per heavy atom. The van der Waals surface area contributed by atoms with E-state index in [-0.39, 0.29) is 18.4 Å². The van der Waals surface area contributed by atoms with Crippen molar-refractivity contribution in [1.29, 1.82) is 0 Å². The Kier molecular flexibility index (Phi) is 6.93. The highest BCUT2D eigenvalue weighted by Gasteiger charge is 2.01. The van der Waals surface area contributed by atoms with E-state index in [0.717, 1.165) is 12.2 Å². The lowest BCUT2D eigenvalue weighted by Crippen LogP contribution is -2.19. The predicted octanol–water partition coefficient (Wildman–Crippen LogP) is 2.71. The van der Waals surface area contributed by atoms with Crippen molar-refractivity contribution in [1.82, 2.24) is 0 Å². The summed E-state index contributed by atoms with van der Waals surface area (Å²) in [5.74, 6) is 0.838. The number of halogens is 2. The molecule has 16 heavy (non-hydrogen) atoms. The van der Waals surface area contributed by atoms with Crippen LogP contribution in [0.5, 0.6) is 5.75 Å². The lowest BCUT2D eigenvalue weighted by Gasteiger charge is -2.17. The molecule has 0 spiro atoms. The van der Waals surface area contributed by atoms with Crippen LogP contribution >= 0.6 is 24.0 Å². The third-order valence-electron chi connectivity index (χ3n) is 1.96. The minimum Gasteiger partial charge on any atom is -0.427 e. The molecule has 1 aromatic rings. The van der Waals surface area contributed by atoms with Gasteiger partial charge in [-0.05, 0) is 24.3 Å². The number of rotatable bonds is 4. The summed E-state index contributed by atoms with van der Waals surface area (Å²) < 4.78 is 4.93. The molecule has 1 aromatic carbocycles. The summed E-state index contributed by atoms with van der Waals surface area (Å²) >= 11 is 5.64. The molecule has 0 unspecified atom stereocenters. The average Bonchev–Trinajstić information content (AvgIpc) is 2.18. The lowest BCUT2D eigenvalue weighted by molar-refractivity contribution is -0.131. The number of carbonyl (C=O) groups is 1. The molecule has 0 saturated carbocycles. The highest BCUT2D eigenvalue weighted by Crippen LogP contribution is 2.18. The molecule has 0 aliphatic rings. The zero-order valence-electron chi connectivity index (χ0n) is 9.27. The van der Waals surface area contributed by atoms with E-state index in [4.69, 9.17) is 16.3 Å². The van der Waals surface area contributed by atoms with Gasteiger partial charge in [-0.1, -0.05) is 0 Å². The van der Waals surface area contributed by atoms with Crippen molar-refractivity contribution in [3.05, 3.63) is 24.3 Å². The Hall–Kier alpha value is -0.930. The average molecular weight is 264 g/mol. The van der Waals surface area contributed by atoms with Crippen LogP contribution in [-0.2, 0) is 4.79 Å². The molecular formula is C11H15Cl2NO2. The maximum absolute atomic E-state index is 10.7. The van der Waals surface area contributed by atoms with Gasteiger partial charge >= 0.3 is 5.97 Å². The van der Waals surface area contributed by atoms with Crippen LogP contribution in [0.3, 0.4) is 0 Å². The van der Waals surface area contributed by atoms with Crippen molar-refractivity contribution >= 4 is 35.7 Å². The smallest absolute Gasteiger partial charge is 0.308 e. The van der Waals surface area contributed by atoms with Crippen LogP contribution in [0.25, 0.3) is 0 Å². The van der Waals surface area contributed by atoms with Gasteiger partial charge in [0.05, 0.1) is 0 Å². The highest BCUT2D eigenvalue weighted by atomic mass is 35.5. The molecule has 0 radical (unpaired) electrons. The first-order chi connectivity index (χ1) is 7.13. The van der Waals surface area contributed by atoms with Crippen molar-refractivity contribution < 1.29 is 9.53 Å². The van der Waals surface area contributed by atoms with Crippen molar-refractivity contribution in [2.24, 2.45) is 0 Å². The molecule has 0 aromatic heterocycles. The van der Waals surface area contributed by atoms with Crippen LogP contribution in [0.4, 0.5) is 5.69 Å². The number of esters is 1. The number of nitrogens with zero attached hydrogens (tertiary/aromatic N) is 1. The van der Waals surface area contributed by atoms with Crippen molar-refractivity contribution in [3.8, 4) is 5.75 Å². The van der Waals surface area contributed by atoms with Gasteiger partial charge in [-0.3, -0.25) is 4.79 Å². The summed E-state index contributed by atoms with van der Waals surface area (Å²) in [6, 6.07) is 7.32. The van der Waals surface area contributed by atoms with Gasteiger partial charge in [0, 0.05) is 32.1 Å². The van der Waals surface area contributed by atoms with Crippen molar-refractivity contribution in [2.75, 3.05) is 24.4 Å². The van der Waals surface area contributed by atoms with E-state index in [9.17, 15) is 4.79 Å². The molecule has 0 aliphatic carbocycles. The topological polar surface area (TPSA) is 29.5 Å². The molecule has 1 rings (SSSR count). The van der Waals surface area contributed by atoms with Crippen LogP contribution in [-0.4, -0.2) is 25.4 Å². The molecule has 0 atom stereocenters. The highest BCUT2D eigenvalue weighted by molar-refractivity contribution is 6.18. The summed E-state index contributed by atoms with van der Waals surface area (Å²) in [5, 5.41) is 0. The number of hydrogen-bond donors (Lipinski definition) is 0. The molecule has 0 fully saturated rings. The minimum atomic E-state index is -0.308. The second-order valence-electron chi connectivity index (χ2n) is 3.20. The Balaban J connectivity index is 0.00000225. The van der Waals surface area contributed by atoms with Crippen molar-refractivity contribution in [2.45, 2.75) is 6.92 Å². The van der Waals surface area contributed by atoms with Gasteiger partial charge < -0.3 is 9.64 Å². The number of ether oxygens (including phenoxy) is 1. The second kappa shape index (κ2) is 7.36. The van der Waals surface area contributed by atoms with Gasteiger partial charge in [0.2, 0.25) is 0 Å². The Morgan fingerprint density at radius 1 is 1.38 bits per heavy atom. The zero-order valence-corrected chi connectivity index (χ0v) is 10.8. The summed E-state index contributed by atoms with van der Waals surface area (Å²) in [4.78, 5) is 12.7. The van der Waals surface area contributed by atoms with E-state index in [0.29, 0.717) is 11.6 Å².